The van der Waals surface area contributed by atoms with Crippen LogP contribution in [0.4, 0.5) is 0 Å². The van der Waals surface area contributed by atoms with Crippen LogP contribution >= 0.6 is 0 Å². The molecule has 1 aromatic rings. The van der Waals surface area contributed by atoms with E-state index in [1.165, 1.54) is 19.3 Å². The zero-order valence-corrected chi connectivity index (χ0v) is 13.9. The van der Waals surface area contributed by atoms with Crippen molar-refractivity contribution in [1.29, 1.82) is 0 Å². The zero-order valence-electron chi connectivity index (χ0n) is 13.9. The van der Waals surface area contributed by atoms with Gasteiger partial charge in [-0.1, -0.05) is 25.3 Å². The summed E-state index contributed by atoms with van der Waals surface area (Å²) in [6.07, 6.45) is 6.20. The van der Waals surface area contributed by atoms with Crippen LogP contribution in [0.5, 0.6) is 11.5 Å². The van der Waals surface area contributed by atoms with Crippen molar-refractivity contribution in [2.45, 2.75) is 57.9 Å². The highest BCUT2D eigenvalue weighted by molar-refractivity contribution is 5.76. The molecule has 1 fully saturated rings. The molecule has 0 saturated heterocycles. The van der Waals surface area contributed by atoms with Crippen LogP contribution in [0.3, 0.4) is 0 Å². The van der Waals surface area contributed by atoms with E-state index in [-0.39, 0.29) is 11.4 Å². The fourth-order valence-corrected chi connectivity index (χ4v) is 3.00. The summed E-state index contributed by atoms with van der Waals surface area (Å²) in [5.41, 5.74) is 1.09. The third-order valence-electron chi connectivity index (χ3n) is 4.30. The van der Waals surface area contributed by atoms with Crippen LogP contribution in [-0.2, 0) is 4.79 Å². The van der Waals surface area contributed by atoms with Gasteiger partial charge in [-0.05, 0) is 44.4 Å². The van der Waals surface area contributed by atoms with Gasteiger partial charge in [-0.15, -0.1) is 0 Å². The predicted octanol–water partition coefficient (Wildman–Crippen LogP) is 3.61. The molecule has 1 aliphatic carbocycles. The number of nitrogens with one attached hydrogen (secondary N) is 1. The Morgan fingerprint density at radius 1 is 1.23 bits per heavy atom. The van der Waals surface area contributed by atoms with E-state index in [1.54, 1.807) is 7.11 Å². The summed E-state index contributed by atoms with van der Waals surface area (Å²) in [5.74, 6) is 1.46. The van der Waals surface area contributed by atoms with E-state index in [9.17, 15) is 4.79 Å². The Labute approximate surface area is 133 Å². The molecule has 0 aromatic heterocycles. The molecule has 122 valence electrons. The van der Waals surface area contributed by atoms with E-state index < -0.39 is 0 Å². The second-order valence-corrected chi connectivity index (χ2v) is 6.42. The van der Waals surface area contributed by atoms with Gasteiger partial charge in [0.1, 0.15) is 0 Å². The average molecular weight is 305 g/mol. The molecule has 4 nitrogen and oxygen atoms in total. The lowest BCUT2D eigenvalue weighted by molar-refractivity contribution is -0.123. The second-order valence-electron chi connectivity index (χ2n) is 6.42. The number of carbonyl (C=O) groups is 1. The maximum absolute atomic E-state index is 12.1. The summed E-state index contributed by atoms with van der Waals surface area (Å²) >= 11 is 0. The van der Waals surface area contributed by atoms with Crippen molar-refractivity contribution >= 4 is 5.91 Å². The van der Waals surface area contributed by atoms with E-state index >= 15 is 0 Å². The molecule has 4 heteroatoms. The Kier molecular flexibility index (Phi) is 5.69. The first-order valence-corrected chi connectivity index (χ1v) is 8.11. The Morgan fingerprint density at radius 3 is 2.64 bits per heavy atom. The Balaban J connectivity index is 1.79. The second kappa shape index (κ2) is 7.52. The minimum atomic E-state index is -0.0309. The van der Waals surface area contributed by atoms with E-state index in [1.807, 2.05) is 25.1 Å². The molecule has 1 aliphatic rings. The number of hydrogen-bond acceptors (Lipinski definition) is 3. The van der Waals surface area contributed by atoms with Crippen molar-refractivity contribution < 1.29 is 14.3 Å². The predicted molar refractivity (Wildman–Crippen MR) is 87.5 cm³/mol. The van der Waals surface area contributed by atoms with Gasteiger partial charge in [0.25, 0.3) is 0 Å². The number of amides is 1. The van der Waals surface area contributed by atoms with Gasteiger partial charge in [0, 0.05) is 5.54 Å². The Bertz CT molecular complexity index is 507. The smallest absolute Gasteiger partial charge is 0.223 e. The van der Waals surface area contributed by atoms with Crippen molar-refractivity contribution in [3.8, 4) is 11.5 Å². The van der Waals surface area contributed by atoms with E-state index in [2.05, 4.69) is 12.2 Å². The summed E-state index contributed by atoms with van der Waals surface area (Å²) in [6.45, 7) is 4.51. The first-order chi connectivity index (χ1) is 10.5. The largest absolute Gasteiger partial charge is 0.493 e. The maximum atomic E-state index is 12.1. The van der Waals surface area contributed by atoms with Crippen molar-refractivity contribution in [3.63, 3.8) is 0 Å². The molecule has 1 aromatic carbocycles. The molecule has 1 saturated carbocycles. The fraction of sp³-hybridized carbons (Fsp3) is 0.611. The highest BCUT2D eigenvalue weighted by atomic mass is 16.5. The quantitative estimate of drug-likeness (QED) is 0.873. The number of aryl methyl sites for hydroxylation is 1. The minimum absolute atomic E-state index is 0.0309. The van der Waals surface area contributed by atoms with Crippen molar-refractivity contribution in [1.82, 2.24) is 5.32 Å². The summed E-state index contributed by atoms with van der Waals surface area (Å²) in [5, 5.41) is 3.17. The van der Waals surface area contributed by atoms with Gasteiger partial charge in [-0.2, -0.15) is 0 Å². The van der Waals surface area contributed by atoms with Crippen LogP contribution < -0.4 is 14.8 Å². The van der Waals surface area contributed by atoms with E-state index in [0.717, 1.165) is 18.4 Å². The lowest BCUT2D eigenvalue weighted by Gasteiger charge is -2.34. The summed E-state index contributed by atoms with van der Waals surface area (Å²) in [6, 6.07) is 5.79. The fourth-order valence-electron chi connectivity index (χ4n) is 3.00. The molecule has 0 spiro atoms. The van der Waals surface area contributed by atoms with Gasteiger partial charge in [0.05, 0.1) is 20.1 Å². The third kappa shape index (κ3) is 4.65. The molecule has 2 rings (SSSR count). The number of benzene rings is 1. The molecule has 0 bridgehead atoms. The van der Waals surface area contributed by atoms with E-state index in [0.29, 0.717) is 24.5 Å². The molecule has 0 heterocycles. The number of hydrogen-bond donors (Lipinski definition) is 1. The SMILES string of the molecule is COc1cc(C)ccc1OCCC(=O)NC1(C)CCCCC1. The topological polar surface area (TPSA) is 47.6 Å². The van der Waals surface area contributed by atoms with Crippen molar-refractivity contribution in [2.24, 2.45) is 0 Å². The molecule has 1 amide bonds. The van der Waals surface area contributed by atoms with Crippen molar-refractivity contribution in [2.75, 3.05) is 13.7 Å². The van der Waals surface area contributed by atoms with Crippen LogP contribution in [-0.4, -0.2) is 25.2 Å². The van der Waals surface area contributed by atoms with Crippen LogP contribution in [0.15, 0.2) is 18.2 Å². The Morgan fingerprint density at radius 2 is 1.95 bits per heavy atom. The van der Waals surface area contributed by atoms with Gasteiger partial charge in [0.2, 0.25) is 5.91 Å². The van der Waals surface area contributed by atoms with Gasteiger partial charge in [-0.3, -0.25) is 4.79 Å². The van der Waals surface area contributed by atoms with Crippen LogP contribution in [0.2, 0.25) is 0 Å². The monoisotopic (exact) mass is 305 g/mol. The molecule has 0 aliphatic heterocycles. The first-order valence-electron chi connectivity index (χ1n) is 8.11. The number of methoxy groups -OCH3 is 1. The van der Waals surface area contributed by atoms with Crippen LogP contribution in [0.25, 0.3) is 0 Å². The normalized spacial score (nSPS) is 16.9. The maximum Gasteiger partial charge on any atom is 0.223 e. The zero-order chi connectivity index (χ0) is 16.0. The molecular weight excluding hydrogens is 278 g/mol. The van der Waals surface area contributed by atoms with Gasteiger partial charge >= 0.3 is 0 Å². The highest BCUT2D eigenvalue weighted by Gasteiger charge is 2.28. The minimum Gasteiger partial charge on any atom is -0.493 e. The standard InChI is InChI=1S/C18H27NO3/c1-14-7-8-15(16(13-14)21-3)22-12-9-17(20)19-18(2)10-5-4-6-11-18/h7-8,13H,4-6,9-12H2,1-3H3,(H,19,20). The van der Waals surface area contributed by atoms with Crippen molar-refractivity contribution in [3.05, 3.63) is 23.8 Å². The van der Waals surface area contributed by atoms with E-state index in [4.69, 9.17) is 9.47 Å². The Hall–Kier alpha value is -1.71. The van der Waals surface area contributed by atoms with Crippen LogP contribution in [0.1, 0.15) is 51.0 Å². The molecule has 0 radical (unpaired) electrons. The summed E-state index contributed by atoms with van der Waals surface area (Å²) in [4.78, 5) is 12.1. The average Bonchev–Trinajstić information content (AvgIpc) is 2.48. The van der Waals surface area contributed by atoms with Crippen LogP contribution in [0, 0.1) is 6.92 Å². The van der Waals surface area contributed by atoms with Gasteiger partial charge in [0.15, 0.2) is 11.5 Å². The molecule has 1 N–H and O–H groups in total. The van der Waals surface area contributed by atoms with Gasteiger partial charge < -0.3 is 14.8 Å². The summed E-state index contributed by atoms with van der Waals surface area (Å²) in [7, 11) is 1.62. The molecule has 22 heavy (non-hydrogen) atoms. The molecule has 0 atom stereocenters. The highest BCUT2D eigenvalue weighted by Crippen LogP contribution is 2.29. The lowest BCUT2D eigenvalue weighted by atomic mass is 9.83. The number of rotatable bonds is 6. The third-order valence-corrected chi connectivity index (χ3v) is 4.30. The van der Waals surface area contributed by atoms with Gasteiger partial charge in [-0.25, -0.2) is 0 Å². The number of ether oxygens (including phenoxy) is 2. The number of carbonyl (C=O) groups excluding carboxylic acids is 1. The molecule has 0 unspecified atom stereocenters. The lowest BCUT2D eigenvalue weighted by Crippen LogP contribution is -2.47. The summed E-state index contributed by atoms with van der Waals surface area (Å²) < 4.78 is 11.0. The first kappa shape index (κ1) is 16.7. The molecular formula is C18H27NO3.